The highest BCUT2D eigenvalue weighted by Crippen LogP contribution is 2.08. The molecule has 1 rings (SSSR count). The number of hydrogen-bond acceptors (Lipinski definition) is 2. The summed E-state index contributed by atoms with van der Waals surface area (Å²) in [5.74, 6) is 0.501. The number of nitrogens with one attached hydrogen (secondary N) is 1. The summed E-state index contributed by atoms with van der Waals surface area (Å²) in [6.45, 7) is 8.86. The Morgan fingerprint density at radius 3 is 2.92 bits per heavy atom. The maximum atomic E-state index is 11.8. The number of nitrogens with zero attached hydrogens (tertiary/aromatic N) is 1. The molecule has 3 heteroatoms. The van der Waals surface area contributed by atoms with Crippen LogP contribution in [-0.4, -0.2) is 36.5 Å². The van der Waals surface area contributed by atoms with Crippen molar-refractivity contribution in [3.05, 3.63) is 0 Å². The van der Waals surface area contributed by atoms with Crippen LogP contribution in [0.1, 0.15) is 27.2 Å². The van der Waals surface area contributed by atoms with Crippen LogP contribution in [0.5, 0.6) is 0 Å². The Bertz CT molecular complexity index is 182. The summed E-state index contributed by atoms with van der Waals surface area (Å²) in [4.78, 5) is 13.8. The first-order chi connectivity index (χ1) is 6.15. The van der Waals surface area contributed by atoms with Crippen LogP contribution in [-0.2, 0) is 4.79 Å². The smallest absolute Gasteiger partial charge is 0.225 e. The molecule has 0 aliphatic carbocycles. The lowest BCUT2D eigenvalue weighted by atomic mass is 10.1. The van der Waals surface area contributed by atoms with Crippen molar-refractivity contribution in [3.63, 3.8) is 0 Å². The lowest BCUT2D eigenvalue weighted by Gasteiger charge is -2.33. The van der Waals surface area contributed by atoms with Gasteiger partial charge in [-0.15, -0.1) is 0 Å². The molecule has 0 aromatic rings. The fourth-order valence-electron chi connectivity index (χ4n) is 1.62. The largest absolute Gasteiger partial charge is 0.340 e. The van der Waals surface area contributed by atoms with Crippen LogP contribution in [0.2, 0.25) is 0 Å². The molecule has 0 unspecified atom stereocenters. The minimum Gasteiger partial charge on any atom is -0.340 e. The van der Waals surface area contributed by atoms with Crippen molar-refractivity contribution in [2.75, 3.05) is 19.6 Å². The molecule has 1 amide bonds. The normalized spacial score (nSPS) is 25.8. The summed E-state index contributed by atoms with van der Waals surface area (Å²) >= 11 is 0. The Kier molecular flexibility index (Phi) is 3.72. The van der Waals surface area contributed by atoms with Gasteiger partial charge in [0.05, 0.1) is 0 Å². The van der Waals surface area contributed by atoms with Crippen molar-refractivity contribution < 1.29 is 4.79 Å². The fraction of sp³-hybridized carbons (Fsp3) is 0.900. The first kappa shape index (κ1) is 10.5. The minimum atomic E-state index is 0.185. The van der Waals surface area contributed by atoms with Crippen molar-refractivity contribution in [1.82, 2.24) is 10.2 Å². The number of hydrogen-bond donors (Lipinski definition) is 1. The van der Waals surface area contributed by atoms with Gasteiger partial charge in [0.1, 0.15) is 0 Å². The van der Waals surface area contributed by atoms with Gasteiger partial charge in [-0.05, 0) is 13.3 Å². The third-order valence-corrected chi connectivity index (χ3v) is 2.71. The molecule has 1 saturated heterocycles. The summed E-state index contributed by atoms with van der Waals surface area (Å²) in [5.41, 5.74) is 0. The average molecular weight is 184 g/mol. The van der Waals surface area contributed by atoms with Gasteiger partial charge in [-0.3, -0.25) is 4.79 Å². The van der Waals surface area contributed by atoms with E-state index in [2.05, 4.69) is 19.2 Å². The Morgan fingerprint density at radius 1 is 1.69 bits per heavy atom. The van der Waals surface area contributed by atoms with Crippen molar-refractivity contribution in [3.8, 4) is 0 Å². The van der Waals surface area contributed by atoms with Crippen LogP contribution in [0, 0.1) is 5.92 Å². The zero-order valence-electron chi connectivity index (χ0n) is 8.84. The first-order valence-corrected chi connectivity index (χ1v) is 5.17. The fourth-order valence-corrected chi connectivity index (χ4v) is 1.62. The third kappa shape index (κ3) is 2.69. The summed E-state index contributed by atoms with van der Waals surface area (Å²) in [5, 5.41) is 3.33. The molecule has 1 N–H and O–H groups in total. The lowest BCUT2D eigenvalue weighted by Crippen LogP contribution is -2.52. The number of rotatable bonds is 2. The van der Waals surface area contributed by atoms with E-state index >= 15 is 0 Å². The molecule has 0 radical (unpaired) electrons. The summed E-state index contributed by atoms with van der Waals surface area (Å²) < 4.78 is 0. The van der Waals surface area contributed by atoms with Gasteiger partial charge in [-0.2, -0.15) is 0 Å². The SMILES string of the molecule is CC[C@H](C)C(=O)N1CCN[C@H](C)C1. The zero-order valence-corrected chi connectivity index (χ0v) is 8.84. The maximum Gasteiger partial charge on any atom is 0.225 e. The van der Waals surface area contributed by atoms with Gasteiger partial charge in [-0.25, -0.2) is 0 Å². The molecular formula is C10H20N2O. The van der Waals surface area contributed by atoms with Crippen LogP contribution < -0.4 is 5.32 Å². The number of amides is 1. The van der Waals surface area contributed by atoms with E-state index in [0.717, 1.165) is 26.1 Å². The highest BCUT2D eigenvalue weighted by molar-refractivity contribution is 5.78. The lowest BCUT2D eigenvalue weighted by molar-refractivity contribution is -0.136. The van der Waals surface area contributed by atoms with E-state index in [0.29, 0.717) is 11.9 Å². The number of piperazine rings is 1. The Labute approximate surface area is 80.5 Å². The van der Waals surface area contributed by atoms with E-state index in [9.17, 15) is 4.79 Å². The van der Waals surface area contributed by atoms with E-state index in [-0.39, 0.29) is 5.92 Å². The standard InChI is InChI=1S/C10H20N2O/c1-4-8(2)10(13)12-6-5-11-9(3)7-12/h8-9,11H,4-7H2,1-3H3/t8-,9+/m0/s1. The first-order valence-electron chi connectivity index (χ1n) is 5.17. The Balaban J connectivity index is 2.46. The van der Waals surface area contributed by atoms with E-state index in [1.165, 1.54) is 0 Å². The highest BCUT2D eigenvalue weighted by atomic mass is 16.2. The van der Waals surface area contributed by atoms with E-state index in [1.54, 1.807) is 0 Å². The van der Waals surface area contributed by atoms with Crippen LogP contribution in [0.25, 0.3) is 0 Å². The summed E-state index contributed by atoms with van der Waals surface area (Å²) in [7, 11) is 0. The molecule has 0 aromatic heterocycles. The van der Waals surface area contributed by atoms with Crippen LogP contribution >= 0.6 is 0 Å². The van der Waals surface area contributed by atoms with Crippen molar-refractivity contribution in [2.45, 2.75) is 33.2 Å². The molecular weight excluding hydrogens is 164 g/mol. The molecule has 1 aliphatic rings. The predicted molar refractivity (Wildman–Crippen MR) is 53.5 cm³/mol. The summed E-state index contributed by atoms with van der Waals surface area (Å²) in [6, 6.07) is 0.446. The summed E-state index contributed by atoms with van der Waals surface area (Å²) in [6.07, 6.45) is 0.942. The molecule has 0 bridgehead atoms. The second kappa shape index (κ2) is 4.61. The van der Waals surface area contributed by atoms with E-state index in [1.807, 2.05) is 11.8 Å². The molecule has 76 valence electrons. The molecule has 13 heavy (non-hydrogen) atoms. The molecule has 1 aliphatic heterocycles. The monoisotopic (exact) mass is 184 g/mol. The average Bonchev–Trinajstić information content (AvgIpc) is 2.15. The second-order valence-corrected chi connectivity index (χ2v) is 3.95. The van der Waals surface area contributed by atoms with Gasteiger partial charge < -0.3 is 10.2 Å². The Morgan fingerprint density at radius 2 is 2.38 bits per heavy atom. The van der Waals surface area contributed by atoms with Gasteiger partial charge in [-0.1, -0.05) is 13.8 Å². The molecule has 0 aromatic carbocycles. The molecule has 2 atom stereocenters. The second-order valence-electron chi connectivity index (χ2n) is 3.95. The zero-order chi connectivity index (χ0) is 9.84. The highest BCUT2D eigenvalue weighted by Gasteiger charge is 2.23. The maximum absolute atomic E-state index is 11.8. The predicted octanol–water partition coefficient (Wildman–Crippen LogP) is 0.853. The quantitative estimate of drug-likeness (QED) is 0.690. The molecule has 3 nitrogen and oxygen atoms in total. The number of carbonyl (C=O) groups is 1. The van der Waals surface area contributed by atoms with Crippen molar-refractivity contribution >= 4 is 5.91 Å². The number of carbonyl (C=O) groups excluding carboxylic acids is 1. The third-order valence-electron chi connectivity index (χ3n) is 2.71. The molecule has 0 saturated carbocycles. The van der Waals surface area contributed by atoms with Crippen molar-refractivity contribution in [1.29, 1.82) is 0 Å². The molecule has 0 spiro atoms. The van der Waals surface area contributed by atoms with Gasteiger partial charge in [0.2, 0.25) is 5.91 Å². The van der Waals surface area contributed by atoms with Crippen molar-refractivity contribution in [2.24, 2.45) is 5.92 Å². The van der Waals surface area contributed by atoms with Crippen LogP contribution in [0.15, 0.2) is 0 Å². The minimum absolute atomic E-state index is 0.185. The van der Waals surface area contributed by atoms with Gasteiger partial charge in [0.15, 0.2) is 0 Å². The molecule has 1 heterocycles. The van der Waals surface area contributed by atoms with Gasteiger partial charge >= 0.3 is 0 Å². The van der Waals surface area contributed by atoms with Gasteiger partial charge in [0.25, 0.3) is 0 Å². The molecule has 1 fully saturated rings. The van der Waals surface area contributed by atoms with E-state index in [4.69, 9.17) is 0 Å². The van der Waals surface area contributed by atoms with Crippen LogP contribution in [0.3, 0.4) is 0 Å². The van der Waals surface area contributed by atoms with Gasteiger partial charge in [0, 0.05) is 31.6 Å². The topological polar surface area (TPSA) is 32.3 Å². The van der Waals surface area contributed by atoms with E-state index < -0.39 is 0 Å². The van der Waals surface area contributed by atoms with Crippen LogP contribution in [0.4, 0.5) is 0 Å². The Hall–Kier alpha value is -0.570.